The maximum Gasteiger partial charge on any atom is 0.196 e. The number of carbonyl (C=O) groups is 1. The van der Waals surface area contributed by atoms with Gasteiger partial charge in [0.15, 0.2) is 5.78 Å². The molecule has 2 aromatic carbocycles. The minimum atomic E-state index is -0.946. The van der Waals surface area contributed by atoms with E-state index in [-0.39, 0.29) is 5.56 Å². The molecule has 1 nitrogen and oxygen atoms in total. The smallest absolute Gasteiger partial charge is 0.196 e. The van der Waals surface area contributed by atoms with Gasteiger partial charge in [-0.25, -0.2) is 13.2 Å². The monoisotopic (exact) mass is 284 g/mol. The largest absolute Gasteiger partial charge is 0.288 e. The second-order valence-corrected chi connectivity index (χ2v) is 4.50. The van der Waals surface area contributed by atoms with Crippen molar-refractivity contribution in [3.05, 3.63) is 69.5 Å². The number of hydrogen-bond donors (Lipinski definition) is 0. The lowest BCUT2D eigenvalue weighted by Gasteiger charge is -2.05. The predicted octanol–water partition coefficient (Wildman–Crippen LogP) is 4.30. The van der Waals surface area contributed by atoms with Crippen LogP contribution >= 0.6 is 11.6 Å². The van der Waals surface area contributed by atoms with Gasteiger partial charge in [0.25, 0.3) is 0 Å². The highest BCUT2D eigenvalue weighted by Gasteiger charge is 2.18. The summed E-state index contributed by atoms with van der Waals surface area (Å²) in [5.41, 5.74) is -0.0109. The molecule has 0 aliphatic heterocycles. The van der Waals surface area contributed by atoms with Crippen molar-refractivity contribution in [3.63, 3.8) is 0 Å². The Morgan fingerprint density at radius 1 is 1.00 bits per heavy atom. The van der Waals surface area contributed by atoms with Gasteiger partial charge in [-0.15, -0.1) is 0 Å². The van der Waals surface area contributed by atoms with E-state index in [0.717, 1.165) is 12.1 Å². The third-order valence-corrected chi connectivity index (χ3v) is 2.85. The Bertz CT molecular complexity index is 648. The van der Waals surface area contributed by atoms with Crippen molar-refractivity contribution in [2.24, 2.45) is 0 Å². The fourth-order valence-corrected chi connectivity index (χ4v) is 1.87. The van der Waals surface area contributed by atoms with Crippen molar-refractivity contribution < 1.29 is 18.0 Å². The fraction of sp³-hybridized carbons (Fsp3) is 0.0714. The number of hydrogen-bond acceptors (Lipinski definition) is 1. The third-order valence-electron chi connectivity index (χ3n) is 2.56. The van der Waals surface area contributed by atoms with Crippen LogP contribution in [0.2, 0.25) is 5.02 Å². The summed E-state index contributed by atoms with van der Waals surface area (Å²) in [7, 11) is 0. The van der Waals surface area contributed by atoms with Gasteiger partial charge in [-0.2, -0.15) is 0 Å². The molecule has 0 N–H and O–H groups in total. The van der Waals surface area contributed by atoms with E-state index in [2.05, 4.69) is 0 Å². The standard InChI is InChI=1S/C14H8ClF3O/c1-7-2-8(4-9(16)3-7)14(19)10-5-13(18)11(15)6-12(10)17/h2-6H,1H3. The van der Waals surface area contributed by atoms with Crippen LogP contribution in [0, 0.1) is 24.4 Å². The van der Waals surface area contributed by atoms with E-state index in [1.165, 1.54) is 12.1 Å². The maximum atomic E-state index is 13.6. The van der Waals surface area contributed by atoms with Crippen LogP contribution in [0.5, 0.6) is 0 Å². The van der Waals surface area contributed by atoms with E-state index < -0.39 is 33.8 Å². The van der Waals surface area contributed by atoms with Crippen LogP contribution in [0.4, 0.5) is 13.2 Å². The Morgan fingerprint density at radius 2 is 1.68 bits per heavy atom. The van der Waals surface area contributed by atoms with E-state index in [1.807, 2.05) is 0 Å². The molecular formula is C14H8ClF3O. The molecule has 0 atom stereocenters. The molecule has 0 saturated heterocycles. The van der Waals surface area contributed by atoms with Gasteiger partial charge in [0.1, 0.15) is 17.5 Å². The minimum Gasteiger partial charge on any atom is -0.288 e. The average Bonchev–Trinajstić information content (AvgIpc) is 2.31. The molecule has 0 fully saturated rings. The molecular weight excluding hydrogens is 277 g/mol. The van der Waals surface area contributed by atoms with Crippen LogP contribution in [-0.4, -0.2) is 5.78 Å². The lowest BCUT2D eigenvalue weighted by molar-refractivity contribution is 0.103. The summed E-state index contributed by atoms with van der Waals surface area (Å²) in [5.74, 6) is -3.26. The molecule has 5 heteroatoms. The Balaban J connectivity index is 2.53. The van der Waals surface area contributed by atoms with Crippen LogP contribution < -0.4 is 0 Å². The Kier molecular flexibility index (Phi) is 3.62. The van der Waals surface area contributed by atoms with Gasteiger partial charge < -0.3 is 0 Å². The Hall–Kier alpha value is -1.81. The summed E-state index contributed by atoms with van der Waals surface area (Å²) < 4.78 is 40.1. The molecule has 98 valence electrons. The summed E-state index contributed by atoms with van der Waals surface area (Å²) in [6.07, 6.45) is 0. The van der Waals surface area contributed by atoms with Crippen LogP contribution in [0.15, 0.2) is 30.3 Å². The predicted molar refractivity (Wildman–Crippen MR) is 65.9 cm³/mol. The quantitative estimate of drug-likeness (QED) is 0.594. The third kappa shape index (κ3) is 2.79. The number of aryl methyl sites for hydroxylation is 1. The Morgan fingerprint density at radius 3 is 2.32 bits per heavy atom. The normalized spacial score (nSPS) is 10.6. The van der Waals surface area contributed by atoms with E-state index in [1.54, 1.807) is 6.92 Å². The first kappa shape index (κ1) is 13.6. The number of carbonyl (C=O) groups excluding carboxylic acids is 1. The number of benzene rings is 2. The summed E-state index contributed by atoms with van der Waals surface area (Å²) in [5, 5.41) is -0.413. The van der Waals surface area contributed by atoms with Crippen molar-refractivity contribution >= 4 is 17.4 Å². The SMILES string of the molecule is Cc1cc(F)cc(C(=O)c2cc(F)c(Cl)cc2F)c1. The number of halogens is 4. The van der Waals surface area contributed by atoms with Crippen molar-refractivity contribution in [1.82, 2.24) is 0 Å². The van der Waals surface area contributed by atoms with E-state index >= 15 is 0 Å². The maximum absolute atomic E-state index is 13.6. The molecule has 0 amide bonds. The second-order valence-electron chi connectivity index (χ2n) is 4.09. The van der Waals surface area contributed by atoms with E-state index in [4.69, 9.17) is 11.6 Å². The first-order valence-corrected chi connectivity index (χ1v) is 5.72. The first-order valence-electron chi connectivity index (χ1n) is 5.35. The molecule has 0 unspecified atom stereocenters. The molecule has 19 heavy (non-hydrogen) atoms. The summed E-state index contributed by atoms with van der Waals surface area (Å²) in [6, 6.07) is 5.03. The average molecular weight is 285 g/mol. The molecule has 2 aromatic rings. The lowest BCUT2D eigenvalue weighted by atomic mass is 10.0. The molecule has 0 aliphatic rings. The minimum absolute atomic E-state index is 0.0434. The highest BCUT2D eigenvalue weighted by Crippen LogP contribution is 2.22. The van der Waals surface area contributed by atoms with Crippen molar-refractivity contribution in [3.8, 4) is 0 Å². The summed E-state index contributed by atoms with van der Waals surface area (Å²) in [4.78, 5) is 12.0. The molecule has 2 rings (SSSR count). The topological polar surface area (TPSA) is 17.1 Å². The van der Waals surface area contributed by atoms with Gasteiger partial charge >= 0.3 is 0 Å². The molecule has 0 heterocycles. The zero-order valence-corrected chi connectivity index (χ0v) is 10.6. The van der Waals surface area contributed by atoms with Crippen molar-refractivity contribution in [1.29, 1.82) is 0 Å². The van der Waals surface area contributed by atoms with E-state index in [0.29, 0.717) is 11.6 Å². The highest BCUT2D eigenvalue weighted by atomic mass is 35.5. The molecule has 0 aliphatic carbocycles. The van der Waals surface area contributed by atoms with Crippen LogP contribution in [0.3, 0.4) is 0 Å². The molecule has 0 radical (unpaired) electrons. The van der Waals surface area contributed by atoms with Crippen LogP contribution in [0.1, 0.15) is 21.5 Å². The highest BCUT2D eigenvalue weighted by molar-refractivity contribution is 6.30. The molecule has 0 aromatic heterocycles. The van der Waals surface area contributed by atoms with Crippen LogP contribution in [-0.2, 0) is 0 Å². The van der Waals surface area contributed by atoms with E-state index in [9.17, 15) is 18.0 Å². The zero-order chi connectivity index (χ0) is 14.2. The lowest BCUT2D eigenvalue weighted by Crippen LogP contribution is -2.06. The fourth-order valence-electron chi connectivity index (χ4n) is 1.72. The summed E-state index contributed by atoms with van der Waals surface area (Å²) in [6.45, 7) is 1.60. The zero-order valence-electron chi connectivity index (χ0n) is 9.81. The second kappa shape index (κ2) is 5.05. The first-order chi connectivity index (χ1) is 8.88. The van der Waals surface area contributed by atoms with Gasteiger partial charge in [0.2, 0.25) is 0 Å². The van der Waals surface area contributed by atoms with Gasteiger partial charge in [0.05, 0.1) is 10.6 Å². The molecule has 0 bridgehead atoms. The van der Waals surface area contributed by atoms with Gasteiger partial charge in [-0.3, -0.25) is 4.79 Å². The Labute approximate surface area is 112 Å². The van der Waals surface area contributed by atoms with Crippen LogP contribution in [0.25, 0.3) is 0 Å². The summed E-state index contributed by atoms with van der Waals surface area (Å²) >= 11 is 5.40. The van der Waals surface area contributed by atoms with Gasteiger partial charge in [-0.05, 0) is 42.8 Å². The molecule has 0 spiro atoms. The van der Waals surface area contributed by atoms with Crippen molar-refractivity contribution in [2.45, 2.75) is 6.92 Å². The number of ketones is 1. The van der Waals surface area contributed by atoms with Crippen molar-refractivity contribution in [2.75, 3.05) is 0 Å². The molecule has 0 saturated carbocycles. The van der Waals surface area contributed by atoms with Gasteiger partial charge in [-0.1, -0.05) is 11.6 Å². The number of rotatable bonds is 2. The van der Waals surface area contributed by atoms with Gasteiger partial charge in [0, 0.05) is 5.56 Å².